The number of nitrogens with one attached hydrogen (secondary N) is 1. The lowest BCUT2D eigenvalue weighted by Crippen LogP contribution is -2.57. The van der Waals surface area contributed by atoms with Gasteiger partial charge in [0.15, 0.2) is 0 Å². The molecule has 0 bridgehead atoms. The molecule has 19 heavy (non-hydrogen) atoms. The fraction of sp³-hybridized carbons (Fsp3) is 0.714. The maximum atomic E-state index is 9.80. The molecule has 0 aliphatic heterocycles. The molecule has 4 nitrogen and oxygen atoms in total. The van der Waals surface area contributed by atoms with Crippen LogP contribution in [0.1, 0.15) is 50.4 Å². The second-order valence-corrected chi connectivity index (χ2v) is 6.75. The van der Waals surface area contributed by atoms with Gasteiger partial charge in [-0.25, -0.2) is 9.97 Å². The molecule has 2 aliphatic carbocycles. The number of aromatic nitrogens is 2. The third-order valence-electron chi connectivity index (χ3n) is 4.57. The maximum Gasteiger partial charge on any atom is 0.137 e. The molecule has 5 heteroatoms. The van der Waals surface area contributed by atoms with Crippen LogP contribution in [-0.4, -0.2) is 27.2 Å². The Kier molecular flexibility index (Phi) is 2.98. The van der Waals surface area contributed by atoms with Gasteiger partial charge in [-0.2, -0.15) is 0 Å². The minimum atomic E-state index is -0.245. The second-order valence-electron chi connectivity index (χ2n) is 6.39. The Morgan fingerprint density at radius 3 is 2.53 bits per heavy atom. The van der Waals surface area contributed by atoms with E-state index in [0.29, 0.717) is 11.1 Å². The first-order chi connectivity index (χ1) is 8.89. The van der Waals surface area contributed by atoms with Gasteiger partial charge in [0.1, 0.15) is 16.8 Å². The molecule has 0 aromatic carbocycles. The summed E-state index contributed by atoms with van der Waals surface area (Å²) in [6.45, 7) is 6.07. The molecule has 0 radical (unpaired) electrons. The van der Waals surface area contributed by atoms with Crippen LogP contribution in [-0.2, 0) is 0 Å². The summed E-state index contributed by atoms with van der Waals surface area (Å²) in [5.41, 5.74) is 0.770. The third kappa shape index (κ3) is 2.21. The molecule has 1 aromatic rings. The highest BCUT2D eigenvalue weighted by Gasteiger charge is 2.47. The summed E-state index contributed by atoms with van der Waals surface area (Å²) in [6.07, 6.45) is 2.83. The van der Waals surface area contributed by atoms with Gasteiger partial charge in [0.05, 0.1) is 6.10 Å². The Bertz CT molecular complexity index is 514. The number of nitrogens with zero attached hydrogens (tertiary/aromatic N) is 2. The fourth-order valence-corrected chi connectivity index (χ4v) is 2.66. The zero-order valence-electron chi connectivity index (χ0n) is 11.6. The smallest absolute Gasteiger partial charge is 0.137 e. The van der Waals surface area contributed by atoms with Crippen LogP contribution < -0.4 is 5.32 Å². The van der Waals surface area contributed by atoms with Crippen LogP contribution >= 0.6 is 11.6 Å². The maximum absolute atomic E-state index is 9.80. The van der Waals surface area contributed by atoms with Crippen LogP contribution in [0.25, 0.3) is 0 Å². The lowest BCUT2D eigenvalue weighted by Gasteiger charge is -2.49. The molecule has 1 heterocycles. The molecule has 0 amide bonds. The minimum Gasteiger partial charge on any atom is -0.392 e. The van der Waals surface area contributed by atoms with Crippen molar-refractivity contribution in [1.82, 2.24) is 9.97 Å². The van der Waals surface area contributed by atoms with E-state index in [2.05, 4.69) is 29.1 Å². The van der Waals surface area contributed by atoms with E-state index < -0.39 is 0 Å². The van der Waals surface area contributed by atoms with Gasteiger partial charge in [0, 0.05) is 22.9 Å². The van der Waals surface area contributed by atoms with E-state index in [9.17, 15) is 5.11 Å². The van der Waals surface area contributed by atoms with Crippen LogP contribution in [0.4, 0.5) is 5.82 Å². The van der Waals surface area contributed by atoms with Gasteiger partial charge in [-0.3, -0.25) is 0 Å². The molecule has 0 saturated heterocycles. The van der Waals surface area contributed by atoms with Gasteiger partial charge in [-0.15, -0.1) is 0 Å². The van der Waals surface area contributed by atoms with E-state index >= 15 is 0 Å². The number of aliphatic hydroxyl groups is 1. The zero-order chi connectivity index (χ0) is 13.8. The second kappa shape index (κ2) is 4.32. The van der Waals surface area contributed by atoms with Crippen molar-refractivity contribution >= 4 is 17.4 Å². The first kappa shape index (κ1) is 13.1. The predicted octanol–water partition coefficient (Wildman–Crippen LogP) is 2.89. The highest BCUT2D eigenvalue weighted by atomic mass is 35.5. The first-order valence-corrected chi connectivity index (χ1v) is 7.26. The van der Waals surface area contributed by atoms with E-state index in [4.69, 9.17) is 11.6 Å². The molecule has 2 aliphatic rings. The molecule has 2 saturated carbocycles. The lowest BCUT2D eigenvalue weighted by molar-refractivity contribution is -0.0511. The number of halogens is 1. The number of hydrogen-bond acceptors (Lipinski definition) is 4. The van der Waals surface area contributed by atoms with Crippen molar-refractivity contribution in [2.45, 2.75) is 58.1 Å². The van der Waals surface area contributed by atoms with E-state index in [1.165, 1.54) is 0 Å². The van der Waals surface area contributed by atoms with Crippen LogP contribution in [0.5, 0.6) is 0 Å². The molecule has 1 aromatic heterocycles. The molecule has 3 rings (SSSR count). The Morgan fingerprint density at radius 1 is 1.32 bits per heavy atom. The van der Waals surface area contributed by atoms with Crippen LogP contribution in [0.3, 0.4) is 0 Å². The van der Waals surface area contributed by atoms with Gasteiger partial charge in [0.25, 0.3) is 0 Å². The summed E-state index contributed by atoms with van der Waals surface area (Å²) in [6, 6.07) is 0.235. The number of hydrogen-bond donors (Lipinski definition) is 2. The van der Waals surface area contributed by atoms with Crippen molar-refractivity contribution in [3.05, 3.63) is 16.5 Å². The average molecular weight is 282 g/mol. The van der Waals surface area contributed by atoms with Gasteiger partial charge in [-0.05, 0) is 26.2 Å². The van der Waals surface area contributed by atoms with Gasteiger partial charge in [-0.1, -0.05) is 25.4 Å². The number of anilines is 1. The van der Waals surface area contributed by atoms with Gasteiger partial charge in [0.2, 0.25) is 0 Å². The average Bonchev–Trinajstić information content (AvgIpc) is 3.18. The normalized spacial score (nSPS) is 28.9. The third-order valence-corrected chi connectivity index (χ3v) is 4.94. The van der Waals surface area contributed by atoms with Crippen LogP contribution in [0.2, 0.25) is 5.15 Å². The SMILES string of the molecule is Cc1c(Cl)nc(C2CC2)nc1NC1CC(O)C1(C)C. The monoisotopic (exact) mass is 281 g/mol. The number of rotatable bonds is 3. The Balaban J connectivity index is 1.84. The van der Waals surface area contributed by atoms with E-state index in [1.54, 1.807) is 0 Å². The van der Waals surface area contributed by atoms with Crippen LogP contribution in [0, 0.1) is 12.3 Å². The number of aliphatic hydroxyl groups excluding tert-OH is 1. The summed E-state index contributed by atoms with van der Waals surface area (Å²) < 4.78 is 0. The molecule has 0 spiro atoms. The Labute approximate surface area is 118 Å². The molecular weight excluding hydrogens is 262 g/mol. The molecule has 2 fully saturated rings. The summed E-state index contributed by atoms with van der Waals surface area (Å²) in [5, 5.41) is 13.8. The van der Waals surface area contributed by atoms with Gasteiger partial charge >= 0.3 is 0 Å². The van der Waals surface area contributed by atoms with E-state index in [1.807, 2.05) is 6.92 Å². The zero-order valence-corrected chi connectivity index (χ0v) is 12.3. The largest absolute Gasteiger partial charge is 0.392 e. The van der Waals surface area contributed by atoms with Crippen molar-refractivity contribution in [3.8, 4) is 0 Å². The molecule has 104 valence electrons. The standard InChI is InChI=1S/C14H20ClN3O/c1-7-11(15)17-13(8-4-5-8)18-12(7)16-9-6-10(19)14(9,2)3/h8-10,19H,4-6H2,1-3H3,(H,16,17,18). The fourth-order valence-electron chi connectivity index (χ4n) is 2.48. The van der Waals surface area contributed by atoms with Crippen molar-refractivity contribution in [3.63, 3.8) is 0 Å². The van der Waals surface area contributed by atoms with Crippen molar-refractivity contribution in [1.29, 1.82) is 0 Å². The highest BCUT2D eigenvalue weighted by Crippen LogP contribution is 2.43. The quantitative estimate of drug-likeness (QED) is 0.837. The lowest BCUT2D eigenvalue weighted by atomic mass is 9.64. The molecule has 2 N–H and O–H groups in total. The molecular formula is C14H20ClN3O. The van der Waals surface area contributed by atoms with Crippen molar-refractivity contribution in [2.75, 3.05) is 5.32 Å². The Morgan fingerprint density at radius 2 is 2.00 bits per heavy atom. The summed E-state index contributed by atoms with van der Waals surface area (Å²) in [5.74, 6) is 2.17. The van der Waals surface area contributed by atoms with Crippen LogP contribution in [0.15, 0.2) is 0 Å². The van der Waals surface area contributed by atoms with E-state index in [0.717, 1.165) is 36.5 Å². The highest BCUT2D eigenvalue weighted by molar-refractivity contribution is 6.30. The topological polar surface area (TPSA) is 58.0 Å². The molecule has 2 unspecified atom stereocenters. The van der Waals surface area contributed by atoms with E-state index in [-0.39, 0.29) is 17.6 Å². The van der Waals surface area contributed by atoms with Gasteiger partial charge < -0.3 is 10.4 Å². The summed E-state index contributed by atoms with van der Waals surface area (Å²) in [4.78, 5) is 8.98. The minimum absolute atomic E-state index is 0.121. The summed E-state index contributed by atoms with van der Waals surface area (Å²) >= 11 is 6.19. The van der Waals surface area contributed by atoms with Crippen molar-refractivity contribution < 1.29 is 5.11 Å². The summed E-state index contributed by atoms with van der Waals surface area (Å²) in [7, 11) is 0. The van der Waals surface area contributed by atoms with Crippen molar-refractivity contribution in [2.24, 2.45) is 5.41 Å². The predicted molar refractivity (Wildman–Crippen MR) is 75.6 cm³/mol. The Hall–Kier alpha value is -0.870. The molecule has 2 atom stereocenters. The first-order valence-electron chi connectivity index (χ1n) is 6.88.